The fourth-order valence-corrected chi connectivity index (χ4v) is 5.71. The first-order chi connectivity index (χ1) is 17.7. The molecule has 2 N–H and O–H groups in total. The molecule has 9 nitrogen and oxygen atoms in total. The van der Waals surface area contributed by atoms with Crippen molar-refractivity contribution in [3.05, 3.63) is 30.0 Å². The molecule has 1 saturated carbocycles. The van der Waals surface area contributed by atoms with Crippen LogP contribution in [0.2, 0.25) is 0 Å². The fourth-order valence-electron chi connectivity index (χ4n) is 5.71. The number of hydrogen-bond acceptors (Lipinski definition) is 5. The highest BCUT2D eigenvalue weighted by Crippen LogP contribution is 2.29. The molecule has 2 fully saturated rings. The Morgan fingerprint density at radius 3 is 2.46 bits per heavy atom. The maximum absolute atomic E-state index is 13.8. The van der Waals surface area contributed by atoms with Crippen LogP contribution in [-0.4, -0.2) is 84.0 Å². The van der Waals surface area contributed by atoms with E-state index in [1.807, 2.05) is 52.6 Å². The van der Waals surface area contributed by atoms with E-state index >= 15 is 0 Å². The van der Waals surface area contributed by atoms with Crippen molar-refractivity contribution in [1.82, 2.24) is 25.0 Å². The molecule has 37 heavy (non-hydrogen) atoms. The summed E-state index contributed by atoms with van der Waals surface area (Å²) < 4.78 is 7.24. The molecule has 1 saturated heterocycles. The van der Waals surface area contributed by atoms with E-state index in [1.165, 1.54) is 6.42 Å². The molecule has 2 heterocycles. The number of piperazine rings is 1. The number of nitrogens with one attached hydrogen (secondary N) is 2. The number of fused-ring (bicyclic) bond motifs is 1. The second kappa shape index (κ2) is 11.5. The van der Waals surface area contributed by atoms with E-state index in [2.05, 4.69) is 10.6 Å². The first-order valence-corrected chi connectivity index (χ1v) is 13.5. The SMILES string of the molecule is CN[C@@H](C)C(=O)NC(C(=O)N1CCN(C(=O)c2cc3ccc(OC)cc3n2C)C[C@H]1C)C1CCCCC1. The minimum Gasteiger partial charge on any atom is -0.497 e. The molecule has 3 amide bonds. The smallest absolute Gasteiger partial charge is 0.270 e. The summed E-state index contributed by atoms with van der Waals surface area (Å²) in [7, 11) is 5.26. The van der Waals surface area contributed by atoms with Crippen molar-refractivity contribution in [3.8, 4) is 5.75 Å². The van der Waals surface area contributed by atoms with E-state index < -0.39 is 6.04 Å². The van der Waals surface area contributed by atoms with Crippen molar-refractivity contribution >= 4 is 28.6 Å². The molecule has 2 aromatic rings. The lowest BCUT2D eigenvalue weighted by Gasteiger charge is -2.43. The van der Waals surface area contributed by atoms with Gasteiger partial charge >= 0.3 is 0 Å². The second-order valence-electron chi connectivity index (χ2n) is 10.5. The molecule has 3 atom stereocenters. The molecular formula is C28H41N5O4. The van der Waals surface area contributed by atoms with Gasteiger partial charge in [0.15, 0.2) is 0 Å². The van der Waals surface area contributed by atoms with Crippen molar-refractivity contribution in [1.29, 1.82) is 0 Å². The molecule has 202 valence electrons. The van der Waals surface area contributed by atoms with Crippen LogP contribution in [0.3, 0.4) is 0 Å². The zero-order valence-electron chi connectivity index (χ0n) is 22.8. The topological polar surface area (TPSA) is 95.9 Å². The average molecular weight is 512 g/mol. The predicted octanol–water partition coefficient (Wildman–Crippen LogP) is 2.53. The van der Waals surface area contributed by atoms with Gasteiger partial charge in [0.1, 0.15) is 17.5 Å². The Morgan fingerprint density at radius 2 is 1.81 bits per heavy atom. The van der Waals surface area contributed by atoms with Gasteiger partial charge in [-0.1, -0.05) is 19.3 Å². The van der Waals surface area contributed by atoms with Crippen LogP contribution in [0, 0.1) is 5.92 Å². The zero-order valence-corrected chi connectivity index (χ0v) is 22.8. The Bertz CT molecular complexity index is 1140. The van der Waals surface area contributed by atoms with Gasteiger partial charge in [0, 0.05) is 44.2 Å². The van der Waals surface area contributed by atoms with Crippen LogP contribution >= 0.6 is 0 Å². The highest BCUT2D eigenvalue weighted by molar-refractivity contribution is 5.99. The van der Waals surface area contributed by atoms with Crippen molar-refractivity contribution in [3.63, 3.8) is 0 Å². The van der Waals surface area contributed by atoms with Crippen molar-refractivity contribution in [2.45, 2.75) is 64.1 Å². The Hall–Kier alpha value is -3.07. The molecule has 1 aromatic heterocycles. The molecule has 4 rings (SSSR count). The third kappa shape index (κ3) is 5.61. The molecule has 0 radical (unpaired) electrons. The van der Waals surface area contributed by atoms with Gasteiger partial charge in [-0.15, -0.1) is 0 Å². The van der Waals surface area contributed by atoms with Gasteiger partial charge in [0.25, 0.3) is 5.91 Å². The van der Waals surface area contributed by atoms with Gasteiger partial charge < -0.3 is 29.7 Å². The molecule has 9 heteroatoms. The normalized spacial score (nSPS) is 20.5. The molecule has 1 aliphatic heterocycles. The minimum absolute atomic E-state index is 0.0279. The Labute approximate surface area is 219 Å². The van der Waals surface area contributed by atoms with E-state index in [9.17, 15) is 14.4 Å². The van der Waals surface area contributed by atoms with Gasteiger partial charge in [0.2, 0.25) is 11.8 Å². The van der Waals surface area contributed by atoms with Gasteiger partial charge in [-0.2, -0.15) is 0 Å². The van der Waals surface area contributed by atoms with Crippen molar-refractivity contribution in [2.24, 2.45) is 13.0 Å². The molecule has 2 aliphatic rings. The zero-order chi connectivity index (χ0) is 26.7. The highest BCUT2D eigenvalue weighted by atomic mass is 16.5. The van der Waals surface area contributed by atoms with Gasteiger partial charge in [-0.25, -0.2) is 0 Å². The van der Waals surface area contributed by atoms with Crippen LogP contribution in [0.15, 0.2) is 24.3 Å². The number of aromatic nitrogens is 1. The van der Waals surface area contributed by atoms with E-state index in [-0.39, 0.29) is 35.7 Å². The first-order valence-electron chi connectivity index (χ1n) is 13.5. The standard InChI is InChI=1S/C28H41N5O4/c1-18-17-32(27(35)24-15-21-11-12-22(37-5)16-23(21)31(24)4)13-14-33(18)28(36)25(20-9-7-6-8-10-20)30-26(34)19(2)29-3/h11-12,15-16,18-20,25,29H,6-10,13-14,17H2,1-5H3,(H,30,34)/t18-,19+,25?/m1/s1. The number of carbonyl (C=O) groups excluding carboxylic acids is 3. The summed E-state index contributed by atoms with van der Waals surface area (Å²) in [5, 5.41) is 7.01. The second-order valence-corrected chi connectivity index (χ2v) is 10.5. The summed E-state index contributed by atoms with van der Waals surface area (Å²) in [5.41, 5.74) is 1.55. The first kappa shape index (κ1) is 27.0. The number of rotatable bonds is 7. The monoisotopic (exact) mass is 511 g/mol. The molecule has 1 aliphatic carbocycles. The number of nitrogens with zero attached hydrogens (tertiary/aromatic N) is 3. The fraction of sp³-hybridized carbons (Fsp3) is 0.607. The number of hydrogen-bond donors (Lipinski definition) is 2. The Balaban J connectivity index is 1.48. The average Bonchev–Trinajstić information content (AvgIpc) is 3.26. The molecule has 0 bridgehead atoms. The van der Waals surface area contributed by atoms with Gasteiger partial charge in [-0.05, 0) is 57.9 Å². The van der Waals surface area contributed by atoms with Crippen molar-refractivity contribution < 1.29 is 19.1 Å². The number of benzene rings is 1. The minimum atomic E-state index is -0.526. The van der Waals surface area contributed by atoms with Crippen molar-refractivity contribution in [2.75, 3.05) is 33.8 Å². The number of likely N-dealkylation sites (N-methyl/N-ethyl adjacent to an activating group) is 1. The van der Waals surface area contributed by atoms with Gasteiger partial charge in [0.05, 0.1) is 18.7 Å². The number of amides is 3. The summed E-state index contributed by atoms with van der Waals surface area (Å²) >= 11 is 0. The van der Waals surface area contributed by atoms with Crippen LogP contribution < -0.4 is 15.4 Å². The number of ether oxygens (including phenoxy) is 1. The number of carbonyl (C=O) groups is 3. The van der Waals surface area contributed by atoms with Crippen LogP contribution in [0.1, 0.15) is 56.4 Å². The van der Waals surface area contributed by atoms with E-state index in [0.29, 0.717) is 25.3 Å². The molecule has 1 unspecified atom stereocenters. The Kier molecular flexibility index (Phi) is 8.42. The predicted molar refractivity (Wildman–Crippen MR) is 144 cm³/mol. The maximum Gasteiger partial charge on any atom is 0.270 e. The molecule has 1 aromatic carbocycles. The summed E-state index contributed by atoms with van der Waals surface area (Å²) in [4.78, 5) is 43.7. The van der Waals surface area contributed by atoms with E-state index in [4.69, 9.17) is 4.74 Å². The molecule has 0 spiro atoms. The van der Waals surface area contributed by atoms with Gasteiger partial charge in [-0.3, -0.25) is 14.4 Å². The van der Waals surface area contributed by atoms with E-state index in [0.717, 1.165) is 42.3 Å². The lowest BCUT2D eigenvalue weighted by molar-refractivity contribution is -0.142. The summed E-state index contributed by atoms with van der Waals surface area (Å²) in [6.45, 7) is 5.14. The van der Waals surface area contributed by atoms with Crippen LogP contribution in [0.25, 0.3) is 10.9 Å². The van der Waals surface area contributed by atoms with Crippen LogP contribution in [0.4, 0.5) is 0 Å². The number of methoxy groups -OCH3 is 1. The lowest BCUT2D eigenvalue weighted by atomic mass is 9.83. The van der Waals surface area contributed by atoms with Crippen LogP contribution in [-0.2, 0) is 16.6 Å². The summed E-state index contributed by atoms with van der Waals surface area (Å²) in [6.07, 6.45) is 5.24. The summed E-state index contributed by atoms with van der Waals surface area (Å²) in [6, 6.07) is 6.65. The maximum atomic E-state index is 13.8. The molecular weight excluding hydrogens is 470 g/mol. The van der Waals surface area contributed by atoms with Crippen LogP contribution in [0.5, 0.6) is 5.75 Å². The highest BCUT2D eigenvalue weighted by Gasteiger charge is 2.38. The quantitative estimate of drug-likeness (QED) is 0.596. The summed E-state index contributed by atoms with van der Waals surface area (Å²) in [5.74, 6) is 0.669. The third-order valence-electron chi connectivity index (χ3n) is 8.18. The largest absolute Gasteiger partial charge is 0.497 e. The van der Waals surface area contributed by atoms with E-state index in [1.54, 1.807) is 21.1 Å². The number of aryl methyl sites for hydroxylation is 1. The third-order valence-corrected chi connectivity index (χ3v) is 8.18. The lowest BCUT2D eigenvalue weighted by Crippen LogP contribution is -2.62. The Morgan fingerprint density at radius 1 is 1.08 bits per heavy atom.